The Morgan fingerprint density at radius 1 is 1.69 bits per heavy atom. The monoisotopic (exact) mass is 179 g/mol. The summed E-state index contributed by atoms with van der Waals surface area (Å²) in [4.78, 5) is 14.7. The molecule has 0 aliphatic carbocycles. The van der Waals surface area contributed by atoms with Gasteiger partial charge >= 0.3 is 0 Å². The normalized spacial score (nSPS) is 11.4. The predicted molar refractivity (Wildman–Crippen MR) is 51.5 cm³/mol. The van der Waals surface area contributed by atoms with E-state index in [1.165, 1.54) is 4.90 Å². The van der Waals surface area contributed by atoms with E-state index in [0.29, 0.717) is 12.1 Å². The highest BCUT2D eigenvalue weighted by atomic mass is 16.1. The van der Waals surface area contributed by atoms with Crippen molar-refractivity contribution >= 4 is 12.1 Å². The van der Waals surface area contributed by atoms with Gasteiger partial charge in [0.25, 0.3) is 0 Å². The van der Waals surface area contributed by atoms with Gasteiger partial charge in [-0.25, -0.2) is 0 Å². The first kappa shape index (κ1) is 9.38. The van der Waals surface area contributed by atoms with Gasteiger partial charge in [0, 0.05) is 30.7 Å². The van der Waals surface area contributed by atoms with Crippen LogP contribution in [-0.2, 0) is 4.79 Å². The second kappa shape index (κ2) is 3.80. The quantitative estimate of drug-likeness (QED) is 0.670. The van der Waals surface area contributed by atoms with Crippen LogP contribution >= 0.6 is 0 Å². The fourth-order valence-corrected chi connectivity index (χ4v) is 1.08. The van der Waals surface area contributed by atoms with Gasteiger partial charge in [0.15, 0.2) is 0 Å². The molecule has 4 heteroatoms. The zero-order chi connectivity index (χ0) is 9.84. The van der Waals surface area contributed by atoms with Gasteiger partial charge in [0.05, 0.1) is 5.70 Å². The average Bonchev–Trinajstić information content (AvgIpc) is 2.51. The molecule has 1 heterocycles. The number of aromatic amines is 1. The number of amides is 1. The van der Waals surface area contributed by atoms with Crippen molar-refractivity contribution < 1.29 is 4.79 Å². The van der Waals surface area contributed by atoms with Crippen LogP contribution in [0.2, 0.25) is 0 Å². The average molecular weight is 179 g/mol. The number of nitrogens with one attached hydrogen (secondary N) is 1. The van der Waals surface area contributed by atoms with Gasteiger partial charge in [-0.15, -0.1) is 0 Å². The van der Waals surface area contributed by atoms with Crippen LogP contribution in [0.3, 0.4) is 0 Å². The highest BCUT2D eigenvalue weighted by molar-refractivity contribution is 5.66. The van der Waals surface area contributed by atoms with Crippen molar-refractivity contribution in [1.82, 2.24) is 9.88 Å². The summed E-state index contributed by atoms with van der Waals surface area (Å²) < 4.78 is 0. The van der Waals surface area contributed by atoms with E-state index in [-0.39, 0.29) is 0 Å². The van der Waals surface area contributed by atoms with Crippen LogP contribution in [-0.4, -0.2) is 23.3 Å². The van der Waals surface area contributed by atoms with Crippen molar-refractivity contribution in [2.24, 2.45) is 5.73 Å². The van der Waals surface area contributed by atoms with Crippen LogP contribution in [0.5, 0.6) is 0 Å². The number of hydrogen-bond acceptors (Lipinski definition) is 2. The summed E-state index contributed by atoms with van der Waals surface area (Å²) in [6, 6.07) is 1.87. The predicted octanol–water partition coefficient (Wildman–Crippen LogP) is 0.668. The Morgan fingerprint density at radius 2 is 2.38 bits per heavy atom. The third kappa shape index (κ3) is 2.11. The third-order valence-electron chi connectivity index (χ3n) is 1.77. The summed E-state index contributed by atoms with van der Waals surface area (Å²) >= 11 is 0. The molecule has 0 fully saturated rings. The number of H-pyrrole nitrogens is 1. The Kier molecular flexibility index (Phi) is 2.74. The molecule has 0 spiro atoms. The number of aromatic nitrogens is 1. The Morgan fingerprint density at radius 3 is 2.85 bits per heavy atom. The smallest absolute Gasteiger partial charge is 0.213 e. The number of nitrogens with zero attached hydrogens (tertiary/aromatic N) is 1. The topological polar surface area (TPSA) is 62.1 Å². The number of nitrogens with two attached hydrogens (primary N) is 1. The van der Waals surface area contributed by atoms with Gasteiger partial charge in [0.2, 0.25) is 6.41 Å². The Labute approximate surface area is 77.0 Å². The molecule has 0 aliphatic heterocycles. The molecule has 1 rings (SSSR count). The zero-order valence-electron chi connectivity index (χ0n) is 7.74. The minimum absolute atomic E-state index is 0.577. The van der Waals surface area contributed by atoms with Crippen LogP contribution in [0, 0.1) is 6.92 Å². The van der Waals surface area contributed by atoms with Gasteiger partial charge in [-0.05, 0) is 13.0 Å². The van der Waals surface area contributed by atoms with E-state index < -0.39 is 0 Å². The van der Waals surface area contributed by atoms with Crippen molar-refractivity contribution in [2.45, 2.75) is 6.92 Å². The fourth-order valence-electron chi connectivity index (χ4n) is 1.08. The third-order valence-corrected chi connectivity index (χ3v) is 1.77. The molecular formula is C9H13N3O. The molecule has 1 amide bonds. The van der Waals surface area contributed by atoms with Crippen LogP contribution in [0.25, 0.3) is 5.70 Å². The summed E-state index contributed by atoms with van der Waals surface area (Å²) in [6.07, 6.45) is 4.10. The van der Waals surface area contributed by atoms with Gasteiger partial charge in [-0.3, -0.25) is 4.79 Å². The summed E-state index contributed by atoms with van der Waals surface area (Å²) in [6.45, 7) is 1.93. The zero-order valence-corrected chi connectivity index (χ0v) is 7.74. The van der Waals surface area contributed by atoms with Gasteiger partial charge in [-0.1, -0.05) is 0 Å². The lowest BCUT2D eigenvalue weighted by atomic mass is 10.2. The maximum absolute atomic E-state index is 10.3. The summed E-state index contributed by atoms with van der Waals surface area (Å²) in [5.41, 5.74) is 8.25. The van der Waals surface area contributed by atoms with E-state index in [9.17, 15) is 4.79 Å². The molecule has 70 valence electrons. The number of carbonyl (C=O) groups is 1. The van der Waals surface area contributed by atoms with Crippen LogP contribution in [0.4, 0.5) is 0 Å². The molecule has 0 unspecified atom stereocenters. The maximum atomic E-state index is 10.3. The molecule has 0 saturated carbocycles. The number of hydrogen-bond donors (Lipinski definition) is 2. The number of rotatable bonds is 3. The van der Waals surface area contributed by atoms with E-state index in [2.05, 4.69) is 4.98 Å². The Balaban J connectivity index is 2.90. The second-order valence-electron chi connectivity index (χ2n) is 2.87. The van der Waals surface area contributed by atoms with E-state index in [0.717, 1.165) is 11.3 Å². The minimum atomic E-state index is 0.577. The number of carbonyl (C=O) groups excluding carboxylic acids is 1. The van der Waals surface area contributed by atoms with E-state index in [4.69, 9.17) is 5.73 Å². The molecule has 0 aliphatic rings. The standard InChI is InChI=1S/C9H13N3O/c1-7-8(3-4-11-7)9(10)5-12(2)6-13/h3-6,11H,10H2,1-2H3/b9-5+. The summed E-state index contributed by atoms with van der Waals surface area (Å²) in [5, 5.41) is 0. The summed E-state index contributed by atoms with van der Waals surface area (Å²) in [5.74, 6) is 0. The molecule has 0 aromatic carbocycles. The van der Waals surface area contributed by atoms with E-state index in [1.54, 1.807) is 13.2 Å². The van der Waals surface area contributed by atoms with Gasteiger partial charge < -0.3 is 15.6 Å². The van der Waals surface area contributed by atoms with Crippen LogP contribution in [0.1, 0.15) is 11.3 Å². The Bertz CT molecular complexity index is 327. The molecule has 1 aromatic heterocycles. The molecule has 0 saturated heterocycles. The van der Waals surface area contributed by atoms with Crippen LogP contribution in [0.15, 0.2) is 18.5 Å². The lowest BCUT2D eigenvalue weighted by Crippen LogP contribution is -2.10. The van der Waals surface area contributed by atoms with E-state index >= 15 is 0 Å². The van der Waals surface area contributed by atoms with Crippen molar-refractivity contribution in [3.05, 3.63) is 29.7 Å². The van der Waals surface area contributed by atoms with Gasteiger partial charge in [0.1, 0.15) is 0 Å². The molecule has 0 bridgehead atoms. The minimum Gasteiger partial charge on any atom is -0.397 e. The van der Waals surface area contributed by atoms with Crippen molar-refractivity contribution in [3.63, 3.8) is 0 Å². The maximum Gasteiger partial charge on any atom is 0.213 e. The van der Waals surface area contributed by atoms with Crippen molar-refractivity contribution in [1.29, 1.82) is 0 Å². The molecule has 3 N–H and O–H groups in total. The lowest BCUT2D eigenvalue weighted by molar-refractivity contribution is -0.114. The first-order valence-electron chi connectivity index (χ1n) is 3.94. The highest BCUT2D eigenvalue weighted by Gasteiger charge is 2.01. The molecule has 4 nitrogen and oxygen atoms in total. The molecule has 1 aromatic rings. The van der Waals surface area contributed by atoms with Gasteiger partial charge in [-0.2, -0.15) is 0 Å². The summed E-state index contributed by atoms with van der Waals surface area (Å²) in [7, 11) is 1.64. The van der Waals surface area contributed by atoms with Crippen molar-refractivity contribution in [3.8, 4) is 0 Å². The Hall–Kier alpha value is -1.71. The van der Waals surface area contributed by atoms with Crippen molar-refractivity contribution in [2.75, 3.05) is 7.05 Å². The lowest BCUT2D eigenvalue weighted by Gasteiger charge is -2.06. The first-order chi connectivity index (χ1) is 6.15. The van der Waals surface area contributed by atoms with Crippen LogP contribution < -0.4 is 5.73 Å². The molecule has 0 atom stereocenters. The molecular weight excluding hydrogens is 166 g/mol. The fraction of sp³-hybridized carbons (Fsp3) is 0.222. The SMILES string of the molecule is Cc1[nH]ccc1/C(N)=C\N(C)C=O. The van der Waals surface area contributed by atoms with E-state index in [1.807, 2.05) is 19.2 Å². The molecule has 0 radical (unpaired) electrons. The molecule has 13 heavy (non-hydrogen) atoms. The first-order valence-corrected chi connectivity index (χ1v) is 3.94. The largest absolute Gasteiger partial charge is 0.397 e. The number of aryl methyl sites for hydroxylation is 1. The second-order valence-corrected chi connectivity index (χ2v) is 2.87. The highest BCUT2D eigenvalue weighted by Crippen LogP contribution is 2.12.